The van der Waals surface area contributed by atoms with Gasteiger partial charge in [-0.1, -0.05) is 12.1 Å². The molecule has 0 atom stereocenters. The lowest BCUT2D eigenvalue weighted by Gasteiger charge is -2.09. The van der Waals surface area contributed by atoms with Gasteiger partial charge < -0.3 is 14.4 Å². The van der Waals surface area contributed by atoms with Crippen molar-refractivity contribution < 1.29 is 19.2 Å². The quantitative estimate of drug-likeness (QED) is 0.905. The number of carboxylic acids is 1. The zero-order valence-corrected chi connectivity index (χ0v) is 11.7. The van der Waals surface area contributed by atoms with E-state index in [2.05, 4.69) is 5.16 Å². The number of aromatic carboxylic acids is 1. The smallest absolute Gasteiger partial charge is 0.341 e. The molecule has 5 nitrogen and oxygen atoms in total. The first-order chi connectivity index (χ1) is 9.52. The SMILES string of the molecule is CCc1onc(-c2ccc(OC(C)C)cc2)c1C(=O)O. The van der Waals surface area contributed by atoms with Gasteiger partial charge in [0.05, 0.1) is 6.10 Å². The van der Waals surface area contributed by atoms with Crippen LogP contribution in [-0.2, 0) is 6.42 Å². The molecule has 0 saturated heterocycles. The molecule has 1 aromatic heterocycles. The van der Waals surface area contributed by atoms with Crippen molar-refractivity contribution in [3.63, 3.8) is 0 Å². The summed E-state index contributed by atoms with van der Waals surface area (Å²) < 4.78 is 10.6. The zero-order valence-electron chi connectivity index (χ0n) is 11.7. The molecule has 0 unspecified atom stereocenters. The summed E-state index contributed by atoms with van der Waals surface area (Å²) in [5.41, 5.74) is 1.18. The lowest BCUT2D eigenvalue weighted by molar-refractivity contribution is 0.0695. The van der Waals surface area contributed by atoms with Crippen LogP contribution in [0.25, 0.3) is 11.3 Å². The summed E-state index contributed by atoms with van der Waals surface area (Å²) in [6, 6.07) is 7.14. The minimum absolute atomic E-state index is 0.0918. The van der Waals surface area contributed by atoms with Gasteiger partial charge in [0.25, 0.3) is 0 Å². The molecular formula is C15H17NO4. The molecule has 5 heteroatoms. The maximum Gasteiger partial charge on any atom is 0.341 e. The first kappa shape index (κ1) is 14.1. The van der Waals surface area contributed by atoms with Crippen LogP contribution in [0.4, 0.5) is 0 Å². The van der Waals surface area contributed by atoms with Crippen LogP contribution in [-0.4, -0.2) is 22.3 Å². The van der Waals surface area contributed by atoms with Crippen molar-refractivity contribution in [3.05, 3.63) is 35.6 Å². The lowest BCUT2D eigenvalue weighted by atomic mass is 10.1. The topological polar surface area (TPSA) is 72.6 Å². The number of ether oxygens (including phenoxy) is 1. The van der Waals surface area contributed by atoms with Gasteiger partial charge in [-0.15, -0.1) is 0 Å². The molecule has 1 N–H and O–H groups in total. The van der Waals surface area contributed by atoms with E-state index in [-0.39, 0.29) is 11.7 Å². The van der Waals surface area contributed by atoms with Gasteiger partial charge in [0.2, 0.25) is 0 Å². The van der Waals surface area contributed by atoms with Crippen LogP contribution >= 0.6 is 0 Å². The summed E-state index contributed by atoms with van der Waals surface area (Å²) in [6.07, 6.45) is 0.581. The molecule has 1 aromatic carbocycles. The second kappa shape index (κ2) is 5.77. The van der Waals surface area contributed by atoms with E-state index < -0.39 is 5.97 Å². The highest BCUT2D eigenvalue weighted by molar-refractivity contribution is 5.95. The van der Waals surface area contributed by atoms with Gasteiger partial charge >= 0.3 is 5.97 Å². The van der Waals surface area contributed by atoms with E-state index in [1.165, 1.54) is 0 Å². The molecule has 1 heterocycles. The maximum atomic E-state index is 11.3. The highest BCUT2D eigenvalue weighted by atomic mass is 16.5. The number of hydrogen-bond acceptors (Lipinski definition) is 4. The van der Waals surface area contributed by atoms with Crippen molar-refractivity contribution in [2.45, 2.75) is 33.3 Å². The van der Waals surface area contributed by atoms with Crippen LogP contribution < -0.4 is 4.74 Å². The van der Waals surface area contributed by atoms with E-state index in [0.717, 1.165) is 5.75 Å². The van der Waals surface area contributed by atoms with E-state index in [1.54, 1.807) is 24.3 Å². The Morgan fingerprint density at radius 2 is 2.00 bits per heavy atom. The third kappa shape index (κ3) is 2.82. The fourth-order valence-electron chi connectivity index (χ4n) is 1.95. The van der Waals surface area contributed by atoms with Gasteiger partial charge in [-0.25, -0.2) is 4.79 Å². The van der Waals surface area contributed by atoms with Gasteiger partial charge in [-0.2, -0.15) is 0 Å². The number of aryl methyl sites for hydroxylation is 1. The highest BCUT2D eigenvalue weighted by Gasteiger charge is 2.22. The van der Waals surface area contributed by atoms with E-state index in [4.69, 9.17) is 9.26 Å². The summed E-state index contributed by atoms with van der Waals surface area (Å²) in [5.74, 6) is 0.0930. The molecule has 2 aromatic rings. The Morgan fingerprint density at radius 3 is 2.50 bits per heavy atom. The molecule has 0 saturated carbocycles. The highest BCUT2D eigenvalue weighted by Crippen LogP contribution is 2.27. The molecule has 0 fully saturated rings. The Hall–Kier alpha value is -2.30. The van der Waals surface area contributed by atoms with Crippen LogP contribution in [0.3, 0.4) is 0 Å². The molecule has 0 spiro atoms. The van der Waals surface area contributed by atoms with E-state index in [9.17, 15) is 9.90 Å². The molecule has 2 rings (SSSR count). The molecule has 0 aliphatic rings. The third-order valence-electron chi connectivity index (χ3n) is 2.80. The van der Waals surface area contributed by atoms with E-state index in [0.29, 0.717) is 23.4 Å². The first-order valence-electron chi connectivity index (χ1n) is 6.51. The van der Waals surface area contributed by atoms with Crippen LogP contribution in [0.15, 0.2) is 28.8 Å². The number of benzene rings is 1. The summed E-state index contributed by atoms with van der Waals surface area (Å²) in [5, 5.41) is 13.1. The monoisotopic (exact) mass is 275 g/mol. The van der Waals surface area contributed by atoms with Crippen molar-refractivity contribution >= 4 is 5.97 Å². The van der Waals surface area contributed by atoms with Crippen molar-refractivity contribution in [1.29, 1.82) is 0 Å². The fraction of sp³-hybridized carbons (Fsp3) is 0.333. The Kier molecular flexibility index (Phi) is 4.08. The van der Waals surface area contributed by atoms with E-state index >= 15 is 0 Å². The average Bonchev–Trinajstić information content (AvgIpc) is 2.82. The Balaban J connectivity index is 2.37. The molecule has 0 aliphatic heterocycles. The van der Waals surface area contributed by atoms with Crippen LogP contribution in [0.1, 0.15) is 36.9 Å². The van der Waals surface area contributed by atoms with Crippen LogP contribution in [0, 0.1) is 0 Å². The summed E-state index contributed by atoms with van der Waals surface area (Å²) in [6.45, 7) is 5.72. The van der Waals surface area contributed by atoms with Crippen molar-refractivity contribution in [2.75, 3.05) is 0 Å². The Labute approximate surface area is 117 Å². The zero-order chi connectivity index (χ0) is 14.7. The Morgan fingerprint density at radius 1 is 1.35 bits per heavy atom. The molecule has 0 radical (unpaired) electrons. The molecule has 0 bridgehead atoms. The van der Waals surface area contributed by atoms with Gasteiger partial charge in [0, 0.05) is 12.0 Å². The normalized spacial score (nSPS) is 10.8. The summed E-state index contributed by atoms with van der Waals surface area (Å²) >= 11 is 0. The fourth-order valence-corrected chi connectivity index (χ4v) is 1.95. The van der Waals surface area contributed by atoms with Crippen LogP contribution in [0.5, 0.6) is 5.75 Å². The predicted molar refractivity (Wildman–Crippen MR) is 74.0 cm³/mol. The molecular weight excluding hydrogens is 258 g/mol. The molecule has 0 amide bonds. The van der Waals surface area contributed by atoms with Gasteiger partial charge in [0.15, 0.2) is 5.76 Å². The van der Waals surface area contributed by atoms with Crippen molar-refractivity contribution in [1.82, 2.24) is 5.16 Å². The largest absolute Gasteiger partial charge is 0.491 e. The Bertz CT molecular complexity index is 599. The third-order valence-corrected chi connectivity index (χ3v) is 2.80. The number of hydrogen-bond donors (Lipinski definition) is 1. The van der Waals surface area contributed by atoms with E-state index in [1.807, 2.05) is 20.8 Å². The molecule has 106 valence electrons. The number of aromatic nitrogens is 1. The standard InChI is InChI=1S/C15H17NO4/c1-4-12-13(15(17)18)14(16-20-12)10-5-7-11(8-6-10)19-9(2)3/h5-9H,4H2,1-3H3,(H,17,18). The second-order valence-electron chi connectivity index (χ2n) is 4.68. The average molecular weight is 275 g/mol. The molecule has 0 aliphatic carbocycles. The van der Waals surface area contributed by atoms with Gasteiger partial charge in [0.1, 0.15) is 17.0 Å². The molecule has 20 heavy (non-hydrogen) atoms. The second-order valence-corrected chi connectivity index (χ2v) is 4.68. The van der Waals surface area contributed by atoms with Gasteiger partial charge in [-0.3, -0.25) is 0 Å². The maximum absolute atomic E-state index is 11.3. The number of carboxylic acid groups (broad SMARTS) is 1. The minimum Gasteiger partial charge on any atom is -0.491 e. The summed E-state index contributed by atoms with van der Waals surface area (Å²) in [7, 11) is 0. The van der Waals surface area contributed by atoms with Crippen LogP contribution in [0.2, 0.25) is 0 Å². The van der Waals surface area contributed by atoms with Gasteiger partial charge in [-0.05, 0) is 38.1 Å². The van der Waals surface area contributed by atoms with Crippen molar-refractivity contribution in [3.8, 4) is 17.0 Å². The predicted octanol–water partition coefficient (Wildman–Crippen LogP) is 3.39. The number of rotatable bonds is 5. The number of nitrogens with zero attached hydrogens (tertiary/aromatic N) is 1. The first-order valence-corrected chi connectivity index (χ1v) is 6.51. The lowest BCUT2D eigenvalue weighted by Crippen LogP contribution is -2.05. The number of carbonyl (C=O) groups is 1. The summed E-state index contributed by atoms with van der Waals surface area (Å²) in [4.78, 5) is 11.3. The minimum atomic E-state index is -1.03. The van der Waals surface area contributed by atoms with Crippen molar-refractivity contribution in [2.24, 2.45) is 0 Å².